The predicted octanol–water partition coefficient (Wildman–Crippen LogP) is 1.15. The Morgan fingerprint density at radius 1 is 1.25 bits per heavy atom. The highest BCUT2D eigenvalue weighted by Gasteiger charge is 2.35. The molecule has 0 unspecified atom stereocenters. The van der Waals surface area contributed by atoms with Crippen molar-refractivity contribution in [3.8, 4) is 17.0 Å². The second-order valence-corrected chi connectivity index (χ2v) is 9.60. The number of amides is 2. The zero-order valence-electron chi connectivity index (χ0n) is 21.2. The lowest BCUT2D eigenvalue weighted by Crippen LogP contribution is -2.51. The third-order valence-electron chi connectivity index (χ3n) is 6.88. The number of aromatic nitrogens is 2. The molecule has 194 valence electrons. The van der Waals surface area contributed by atoms with Crippen molar-refractivity contribution in [3.05, 3.63) is 42.4 Å². The number of hydrogen-bond donors (Lipinski definition) is 1. The number of ether oxygens (including phenoxy) is 2. The van der Waals surface area contributed by atoms with Gasteiger partial charge < -0.3 is 24.4 Å². The minimum atomic E-state index is -0.386. The maximum absolute atomic E-state index is 13.6. The first-order valence-electron chi connectivity index (χ1n) is 12.4. The summed E-state index contributed by atoms with van der Waals surface area (Å²) >= 11 is 0. The van der Waals surface area contributed by atoms with E-state index in [2.05, 4.69) is 14.9 Å². The van der Waals surface area contributed by atoms with E-state index in [0.29, 0.717) is 38.4 Å². The van der Waals surface area contributed by atoms with Crippen LogP contribution in [0.5, 0.6) is 5.88 Å². The first kappa shape index (κ1) is 26.0. The second-order valence-electron chi connectivity index (χ2n) is 9.60. The van der Waals surface area contributed by atoms with E-state index < -0.39 is 0 Å². The highest BCUT2D eigenvalue weighted by Crippen LogP contribution is 2.30. The summed E-state index contributed by atoms with van der Waals surface area (Å²) in [6.45, 7) is 7.47. The average molecular weight is 498 g/mol. The van der Waals surface area contributed by atoms with Gasteiger partial charge in [0.15, 0.2) is 0 Å². The Balaban J connectivity index is 1.59. The topological polar surface area (TPSA) is 108 Å². The van der Waals surface area contributed by atoms with Crippen molar-refractivity contribution >= 4 is 11.8 Å². The van der Waals surface area contributed by atoms with E-state index in [1.165, 1.54) is 0 Å². The zero-order valence-corrected chi connectivity index (χ0v) is 21.2. The molecule has 2 amide bonds. The first-order chi connectivity index (χ1) is 17.4. The number of rotatable bonds is 7. The summed E-state index contributed by atoms with van der Waals surface area (Å²) in [6, 6.07) is 5.10. The van der Waals surface area contributed by atoms with Gasteiger partial charge in [-0.05, 0) is 30.7 Å². The Bertz CT molecular complexity index is 1050. The molecule has 2 aliphatic rings. The maximum atomic E-state index is 13.6. The molecule has 0 radical (unpaired) electrons. The summed E-state index contributed by atoms with van der Waals surface area (Å²) in [4.78, 5) is 40.5. The summed E-state index contributed by atoms with van der Waals surface area (Å²) in [7, 11) is 1.78. The van der Waals surface area contributed by atoms with E-state index in [-0.39, 0.29) is 42.4 Å². The van der Waals surface area contributed by atoms with E-state index in [1.807, 2.05) is 26.0 Å². The van der Waals surface area contributed by atoms with Crippen LogP contribution in [0.1, 0.15) is 24.2 Å². The molecule has 1 fully saturated rings. The van der Waals surface area contributed by atoms with Gasteiger partial charge >= 0.3 is 0 Å². The lowest BCUT2D eigenvalue weighted by molar-refractivity contribution is -0.133. The van der Waals surface area contributed by atoms with Crippen LogP contribution in [-0.4, -0.2) is 113 Å². The Hall–Kier alpha value is -3.08. The third kappa shape index (κ3) is 6.00. The van der Waals surface area contributed by atoms with Crippen LogP contribution in [-0.2, 0) is 9.53 Å². The molecule has 2 aromatic rings. The number of aliphatic hydroxyl groups excluding tert-OH is 1. The molecule has 10 heteroatoms. The number of fused-ring (bicyclic) bond motifs is 1. The van der Waals surface area contributed by atoms with Crippen molar-refractivity contribution in [2.75, 3.05) is 59.6 Å². The lowest BCUT2D eigenvalue weighted by Gasteiger charge is -2.38. The monoisotopic (exact) mass is 497 g/mol. The quantitative estimate of drug-likeness (QED) is 0.607. The largest absolute Gasteiger partial charge is 0.472 e. The number of carbonyl (C=O) groups is 2. The smallest absolute Gasteiger partial charge is 0.259 e. The van der Waals surface area contributed by atoms with Crippen LogP contribution in [0.25, 0.3) is 11.1 Å². The summed E-state index contributed by atoms with van der Waals surface area (Å²) in [6.07, 6.45) is 4.67. The number of carbonyl (C=O) groups excluding carboxylic acids is 2. The van der Waals surface area contributed by atoms with Gasteiger partial charge in [-0.1, -0.05) is 6.92 Å². The van der Waals surface area contributed by atoms with Gasteiger partial charge in [-0.25, -0.2) is 4.98 Å². The number of morpholine rings is 1. The second kappa shape index (κ2) is 11.8. The van der Waals surface area contributed by atoms with Crippen molar-refractivity contribution in [2.45, 2.75) is 26.0 Å². The molecule has 2 aliphatic heterocycles. The molecular formula is C26H35N5O5. The van der Waals surface area contributed by atoms with Gasteiger partial charge in [0.2, 0.25) is 11.8 Å². The van der Waals surface area contributed by atoms with Crippen LogP contribution in [0, 0.1) is 5.92 Å². The summed E-state index contributed by atoms with van der Waals surface area (Å²) in [5, 5.41) is 9.86. The predicted molar refractivity (Wildman–Crippen MR) is 134 cm³/mol. The van der Waals surface area contributed by atoms with Crippen molar-refractivity contribution in [1.29, 1.82) is 0 Å². The van der Waals surface area contributed by atoms with Gasteiger partial charge in [0.05, 0.1) is 39.0 Å². The van der Waals surface area contributed by atoms with Crippen LogP contribution in [0.4, 0.5) is 0 Å². The minimum absolute atomic E-state index is 0.00707. The van der Waals surface area contributed by atoms with Gasteiger partial charge in [0, 0.05) is 56.8 Å². The molecule has 0 bridgehead atoms. The summed E-state index contributed by atoms with van der Waals surface area (Å²) < 4.78 is 11.7. The third-order valence-corrected chi connectivity index (χ3v) is 6.88. The molecule has 10 nitrogen and oxygen atoms in total. The molecule has 1 N–H and O–H groups in total. The van der Waals surface area contributed by atoms with E-state index in [9.17, 15) is 14.7 Å². The molecule has 4 heterocycles. The normalized spacial score (nSPS) is 21.7. The molecule has 3 atom stereocenters. The number of likely N-dealkylation sites (N-methyl/N-ethyl adjacent to an activating group) is 1. The molecule has 1 saturated heterocycles. The number of nitrogens with zero attached hydrogens (tertiary/aromatic N) is 5. The molecule has 0 aliphatic carbocycles. The van der Waals surface area contributed by atoms with Crippen LogP contribution in [0.15, 0.2) is 36.8 Å². The average Bonchev–Trinajstić information content (AvgIpc) is 2.91. The fraction of sp³-hybridized carbons (Fsp3) is 0.538. The molecule has 2 aromatic heterocycles. The standard InChI is InChI=1S/C26H35N5O5/c1-18-14-31(19(2)17-32)26(34)22-12-21(20-4-6-27-7-5-20)13-28-25(22)36-23(18)15-29(3)24(33)16-30-8-10-35-11-9-30/h4-7,12-13,18-19,23,32H,8-11,14-17H2,1-3H3/t18-,19+,23-/m0/s1. The highest BCUT2D eigenvalue weighted by molar-refractivity contribution is 5.98. The Labute approximate surface area is 211 Å². The molecule has 0 saturated carbocycles. The van der Waals surface area contributed by atoms with Gasteiger partial charge in [-0.2, -0.15) is 0 Å². The van der Waals surface area contributed by atoms with Gasteiger partial charge in [-0.3, -0.25) is 19.5 Å². The van der Waals surface area contributed by atoms with Crippen molar-refractivity contribution in [3.63, 3.8) is 0 Å². The van der Waals surface area contributed by atoms with Crippen LogP contribution < -0.4 is 4.74 Å². The number of aliphatic hydroxyl groups is 1. The molecule has 0 spiro atoms. The van der Waals surface area contributed by atoms with Gasteiger partial charge in [-0.15, -0.1) is 0 Å². The van der Waals surface area contributed by atoms with E-state index in [4.69, 9.17) is 9.47 Å². The minimum Gasteiger partial charge on any atom is -0.472 e. The van der Waals surface area contributed by atoms with Gasteiger partial charge in [0.1, 0.15) is 11.7 Å². The molecule has 36 heavy (non-hydrogen) atoms. The lowest BCUT2D eigenvalue weighted by atomic mass is 9.99. The van der Waals surface area contributed by atoms with Crippen molar-refractivity contribution < 1.29 is 24.2 Å². The summed E-state index contributed by atoms with van der Waals surface area (Å²) in [5.74, 6) is -0.0976. The fourth-order valence-electron chi connectivity index (χ4n) is 4.47. The van der Waals surface area contributed by atoms with Crippen LogP contribution in [0.3, 0.4) is 0 Å². The molecule has 4 rings (SSSR count). The zero-order chi connectivity index (χ0) is 25.7. The van der Waals surface area contributed by atoms with E-state index in [1.54, 1.807) is 41.5 Å². The van der Waals surface area contributed by atoms with Crippen molar-refractivity contribution in [1.82, 2.24) is 24.7 Å². The Morgan fingerprint density at radius 3 is 2.67 bits per heavy atom. The first-order valence-corrected chi connectivity index (χ1v) is 12.4. The van der Waals surface area contributed by atoms with E-state index >= 15 is 0 Å². The van der Waals surface area contributed by atoms with E-state index in [0.717, 1.165) is 24.2 Å². The Kier molecular flexibility index (Phi) is 8.50. The van der Waals surface area contributed by atoms with Crippen LogP contribution in [0.2, 0.25) is 0 Å². The maximum Gasteiger partial charge on any atom is 0.259 e. The van der Waals surface area contributed by atoms with Gasteiger partial charge in [0.25, 0.3) is 5.91 Å². The summed E-state index contributed by atoms with van der Waals surface area (Å²) in [5.41, 5.74) is 1.99. The van der Waals surface area contributed by atoms with Crippen LogP contribution >= 0.6 is 0 Å². The fourth-order valence-corrected chi connectivity index (χ4v) is 4.47. The Morgan fingerprint density at radius 2 is 1.97 bits per heavy atom. The molecular weight excluding hydrogens is 462 g/mol. The number of hydrogen-bond acceptors (Lipinski definition) is 8. The van der Waals surface area contributed by atoms with Crippen molar-refractivity contribution in [2.24, 2.45) is 5.92 Å². The number of pyridine rings is 2. The SMILES string of the molecule is C[C@H](CO)N1C[C@H](C)[C@H](CN(C)C(=O)CN2CCOCC2)Oc2ncc(-c3ccncc3)cc2C1=O. The molecule has 0 aromatic carbocycles. The highest BCUT2D eigenvalue weighted by atomic mass is 16.5.